The zero-order valence-electron chi connectivity index (χ0n) is 9.79. The molecule has 0 aliphatic heterocycles. The van der Waals surface area contributed by atoms with Crippen molar-refractivity contribution in [3.63, 3.8) is 0 Å². The summed E-state index contributed by atoms with van der Waals surface area (Å²) < 4.78 is 5.46. The summed E-state index contributed by atoms with van der Waals surface area (Å²) in [7, 11) is 0. The van der Waals surface area contributed by atoms with Gasteiger partial charge in [0.05, 0.1) is 6.04 Å². The van der Waals surface area contributed by atoms with Crippen LogP contribution in [0, 0.1) is 13.8 Å². The molecule has 0 saturated carbocycles. The van der Waals surface area contributed by atoms with Crippen molar-refractivity contribution in [1.82, 2.24) is 5.32 Å². The number of guanidine groups is 1. The van der Waals surface area contributed by atoms with Crippen LogP contribution in [0.5, 0.6) is 0 Å². The summed E-state index contributed by atoms with van der Waals surface area (Å²) in [6, 6.07) is 2.14. The van der Waals surface area contributed by atoms with Gasteiger partial charge in [0.25, 0.3) is 0 Å². The van der Waals surface area contributed by atoms with Crippen LogP contribution in [0.4, 0.5) is 0 Å². The van der Waals surface area contributed by atoms with Crippen LogP contribution in [-0.2, 0) is 0 Å². The van der Waals surface area contributed by atoms with Gasteiger partial charge in [0.15, 0.2) is 5.96 Å². The second-order valence-electron chi connectivity index (χ2n) is 3.59. The van der Waals surface area contributed by atoms with E-state index in [0.717, 1.165) is 17.1 Å². The zero-order chi connectivity index (χ0) is 11.4. The minimum atomic E-state index is 0.123. The van der Waals surface area contributed by atoms with E-state index in [1.54, 1.807) is 0 Å². The maximum atomic E-state index is 5.69. The number of rotatable bonds is 3. The molecule has 1 unspecified atom stereocenters. The number of aryl methyl sites for hydroxylation is 2. The Labute approximate surface area is 90.6 Å². The maximum Gasteiger partial charge on any atom is 0.189 e. The molecule has 0 aliphatic carbocycles. The molecule has 4 heteroatoms. The molecule has 84 valence electrons. The van der Waals surface area contributed by atoms with Crippen molar-refractivity contribution < 1.29 is 4.42 Å². The average Bonchev–Trinajstić information content (AvgIpc) is 2.45. The van der Waals surface area contributed by atoms with E-state index in [9.17, 15) is 0 Å². The highest BCUT2D eigenvalue weighted by Crippen LogP contribution is 2.20. The maximum absolute atomic E-state index is 5.69. The first-order valence-electron chi connectivity index (χ1n) is 5.18. The minimum Gasteiger partial charge on any atom is -0.466 e. The molecule has 1 aromatic heterocycles. The molecule has 0 bridgehead atoms. The number of aliphatic imine (C=N–C) groups is 1. The van der Waals surface area contributed by atoms with Crippen LogP contribution in [0.1, 0.15) is 37.0 Å². The van der Waals surface area contributed by atoms with Crippen molar-refractivity contribution in [2.24, 2.45) is 10.7 Å². The third-order valence-corrected chi connectivity index (χ3v) is 2.24. The summed E-state index contributed by atoms with van der Waals surface area (Å²) in [5.74, 6) is 2.32. The first-order chi connectivity index (χ1) is 7.04. The molecule has 4 nitrogen and oxygen atoms in total. The summed E-state index contributed by atoms with van der Waals surface area (Å²) in [6.07, 6.45) is 0. The topological polar surface area (TPSA) is 63.5 Å². The second-order valence-corrected chi connectivity index (χ2v) is 3.59. The first-order valence-corrected chi connectivity index (χ1v) is 5.18. The molecule has 0 spiro atoms. The SMILES string of the molecule is CCN=C(N)NC(C)c1cc(C)oc1C. The van der Waals surface area contributed by atoms with Gasteiger partial charge in [-0.25, -0.2) is 0 Å². The smallest absolute Gasteiger partial charge is 0.189 e. The summed E-state index contributed by atoms with van der Waals surface area (Å²) in [4.78, 5) is 4.08. The molecule has 0 saturated heterocycles. The Morgan fingerprint density at radius 2 is 2.27 bits per heavy atom. The van der Waals surface area contributed by atoms with Gasteiger partial charge in [-0.15, -0.1) is 0 Å². The molecule has 0 fully saturated rings. The molecule has 15 heavy (non-hydrogen) atoms. The Kier molecular flexibility index (Phi) is 3.77. The van der Waals surface area contributed by atoms with Gasteiger partial charge < -0.3 is 15.5 Å². The molecule has 3 N–H and O–H groups in total. The van der Waals surface area contributed by atoms with Gasteiger partial charge in [0, 0.05) is 12.1 Å². The summed E-state index contributed by atoms with van der Waals surface area (Å²) in [6.45, 7) is 8.57. The van der Waals surface area contributed by atoms with Crippen LogP contribution in [0.2, 0.25) is 0 Å². The predicted molar refractivity (Wildman–Crippen MR) is 61.9 cm³/mol. The van der Waals surface area contributed by atoms with Crippen molar-refractivity contribution in [3.05, 3.63) is 23.2 Å². The summed E-state index contributed by atoms with van der Waals surface area (Å²) in [5, 5.41) is 3.12. The standard InChI is InChI=1S/C11H19N3O/c1-5-13-11(12)14-8(3)10-6-7(2)15-9(10)4/h6,8H,5H2,1-4H3,(H3,12,13,14). The molecule has 0 radical (unpaired) electrons. The largest absolute Gasteiger partial charge is 0.466 e. The fourth-order valence-corrected chi connectivity index (χ4v) is 1.60. The highest BCUT2D eigenvalue weighted by atomic mass is 16.3. The predicted octanol–water partition coefficient (Wildman–Crippen LogP) is 1.88. The number of nitrogens with one attached hydrogen (secondary N) is 1. The Hall–Kier alpha value is -1.45. The lowest BCUT2D eigenvalue weighted by Gasteiger charge is -2.13. The van der Waals surface area contributed by atoms with Crippen LogP contribution in [0.3, 0.4) is 0 Å². The Balaban J connectivity index is 2.73. The highest BCUT2D eigenvalue weighted by molar-refractivity contribution is 5.78. The van der Waals surface area contributed by atoms with Crippen molar-refractivity contribution in [2.75, 3.05) is 6.54 Å². The van der Waals surface area contributed by atoms with E-state index in [4.69, 9.17) is 10.2 Å². The van der Waals surface area contributed by atoms with Gasteiger partial charge >= 0.3 is 0 Å². The lowest BCUT2D eigenvalue weighted by atomic mass is 10.1. The number of hydrogen-bond donors (Lipinski definition) is 2. The van der Waals surface area contributed by atoms with E-state index in [1.165, 1.54) is 0 Å². The van der Waals surface area contributed by atoms with Crippen LogP contribution >= 0.6 is 0 Å². The highest BCUT2D eigenvalue weighted by Gasteiger charge is 2.12. The molecule has 0 aliphatic rings. The molecular formula is C11H19N3O. The van der Waals surface area contributed by atoms with E-state index < -0.39 is 0 Å². The van der Waals surface area contributed by atoms with Gasteiger partial charge in [-0.2, -0.15) is 0 Å². The zero-order valence-corrected chi connectivity index (χ0v) is 9.79. The minimum absolute atomic E-state index is 0.123. The molecule has 1 rings (SSSR count). The monoisotopic (exact) mass is 209 g/mol. The number of nitrogens with two attached hydrogens (primary N) is 1. The Morgan fingerprint density at radius 1 is 1.60 bits per heavy atom. The number of hydrogen-bond acceptors (Lipinski definition) is 2. The van der Waals surface area contributed by atoms with Crippen molar-refractivity contribution >= 4 is 5.96 Å². The van der Waals surface area contributed by atoms with Gasteiger partial charge in [-0.05, 0) is 33.8 Å². The Bertz CT molecular complexity index is 355. The van der Waals surface area contributed by atoms with E-state index in [1.807, 2.05) is 33.8 Å². The normalized spacial score (nSPS) is 14.0. The number of furan rings is 1. The third-order valence-electron chi connectivity index (χ3n) is 2.24. The molecule has 1 atom stereocenters. The third kappa shape index (κ3) is 3.01. The van der Waals surface area contributed by atoms with E-state index in [2.05, 4.69) is 10.3 Å². The van der Waals surface area contributed by atoms with Crippen molar-refractivity contribution in [2.45, 2.75) is 33.7 Å². The second kappa shape index (κ2) is 4.87. The fraction of sp³-hybridized carbons (Fsp3) is 0.545. The van der Waals surface area contributed by atoms with Crippen LogP contribution in [0.25, 0.3) is 0 Å². The fourth-order valence-electron chi connectivity index (χ4n) is 1.60. The Morgan fingerprint density at radius 3 is 2.73 bits per heavy atom. The van der Waals surface area contributed by atoms with Gasteiger partial charge in [-0.3, -0.25) is 4.99 Å². The van der Waals surface area contributed by atoms with Crippen molar-refractivity contribution in [3.8, 4) is 0 Å². The van der Waals surface area contributed by atoms with Gasteiger partial charge in [0.1, 0.15) is 11.5 Å². The first kappa shape index (κ1) is 11.6. The molecule has 1 heterocycles. The van der Waals surface area contributed by atoms with E-state index in [0.29, 0.717) is 12.5 Å². The number of nitrogens with zero attached hydrogens (tertiary/aromatic N) is 1. The molecule has 0 amide bonds. The lowest BCUT2D eigenvalue weighted by Crippen LogP contribution is -2.33. The molecular weight excluding hydrogens is 190 g/mol. The summed E-state index contributed by atoms with van der Waals surface area (Å²) >= 11 is 0. The van der Waals surface area contributed by atoms with Gasteiger partial charge in [-0.1, -0.05) is 0 Å². The van der Waals surface area contributed by atoms with Crippen LogP contribution < -0.4 is 11.1 Å². The lowest BCUT2D eigenvalue weighted by molar-refractivity contribution is 0.497. The van der Waals surface area contributed by atoms with E-state index >= 15 is 0 Å². The van der Waals surface area contributed by atoms with Gasteiger partial charge in [0.2, 0.25) is 0 Å². The van der Waals surface area contributed by atoms with Crippen LogP contribution in [0.15, 0.2) is 15.5 Å². The quantitative estimate of drug-likeness (QED) is 0.590. The summed E-state index contributed by atoms with van der Waals surface area (Å²) in [5.41, 5.74) is 6.81. The van der Waals surface area contributed by atoms with Crippen molar-refractivity contribution in [1.29, 1.82) is 0 Å². The molecule has 0 aromatic carbocycles. The van der Waals surface area contributed by atoms with Crippen LogP contribution in [-0.4, -0.2) is 12.5 Å². The average molecular weight is 209 g/mol. The van der Waals surface area contributed by atoms with E-state index in [-0.39, 0.29) is 6.04 Å². The molecule has 1 aromatic rings.